The van der Waals surface area contributed by atoms with Crippen LogP contribution < -0.4 is 5.56 Å². The van der Waals surface area contributed by atoms with Crippen LogP contribution >= 0.6 is 0 Å². The van der Waals surface area contributed by atoms with Crippen molar-refractivity contribution in [1.82, 2.24) is 8.97 Å². The lowest BCUT2D eigenvalue weighted by molar-refractivity contribution is 0.0527. The molecule has 0 aromatic carbocycles. The highest BCUT2D eigenvalue weighted by Crippen LogP contribution is 2.28. The molecule has 124 valence electrons. The molecule has 6 nitrogen and oxygen atoms in total. The molecule has 3 aromatic rings. The third kappa shape index (κ3) is 2.72. The fourth-order valence-corrected chi connectivity index (χ4v) is 2.72. The zero-order valence-corrected chi connectivity index (χ0v) is 13.5. The Balaban J connectivity index is 2.29. The Morgan fingerprint density at radius 1 is 1.25 bits per heavy atom. The summed E-state index contributed by atoms with van der Waals surface area (Å²) < 4.78 is 8.48. The molecule has 0 aliphatic carbocycles. The van der Waals surface area contributed by atoms with Crippen LogP contribution in [-0.2, 0) is 18.4 Å². The van der Waals surface area contributed by atoms with E-state index in [0.29, 0.717) is 11.3 Å². The summed E-state index contributed by atoms with van der Waals surface area (Å²) in [6.07, 6.45) is 3.48. The fourth-order valence-electron chi connectivity index (χ4n) is 2.72. The standard InChI is InChI=1S/C18H18N2O4/c1-3-24-18(23)15-9-14-8-12(11-21)6-7-20(14)17(15)13-4-5-16(22)19(2)10-13/h4-10,21H,3,11H2,1-2H3. The normalized spacial score (nSPS) is 11.0. The van der Waals surface area contributed by atoms with Gasteiger partial charge in [0.05, 0.1) is 24.5 Å². The highest BCUT2D eigenvalue weighted by atomic mass is 16.5. The Morgan fingerprint density at radius 2 is 2.04 bits per heavy atom. The SMILES string of the molecule is CCOC(=O)c1cc2cc(CO)ccn2c1-c1ccc(=O)n(C)c1. The van der Waals surface area contributed by atoms with E-state index >= 15 is 0 Å². The summed E-state index contributed by atoms with van der Waals surface area (Å²) in [7, 11) is 1.66. The van der Waals surface area contributed by atoms with Gasteiger partial charge in [0.15, 0.2) is 0 Å². The van der Waals surface area contributed by atoms with Crippen LogP contribution in [-0.4, -0.2) is 26.7 Å². The molecule has 24 heavy (non-hydrogen) atoms. The minimum absolute atomic E-state index is 0.0778. The second kappa shape index (κ2) is 6.33. The lowest BCUT2D eigenvalue weighted by atomic mass is 10.1. The number of aromatic nitrogens is 2. The number of aliphatic hydroxyl groups excluding tert-OH is 1. The summed E-state index contributed by atoms with van der Waals surface area (Å²) in [5.41, 5.74) is 3.21. The molecule has 6 heteroatoms. The number of aliphatic hydroxyl groups is 1. The number of hydrogen-bond donors (Lipinski definition) is 1. The first-order valence-corrected chi connectivity index (χ1v) is 7.64. The number of carbonyl (C=O) groups excluding carboxylic acids is 1. The van der Waals surface area contributed by atoms with E-state index < -0.39 is 5.97 Å². The van der Waals surface area contributed by atoms with E-state index in [1.165, 1.54) is 10.6 Å². The highest BCUT2D eigenvalue weighted by Gasteiger charge is 2.20. The van der Waals surface area contributed by atoms with Crippen molar-refractivity contribution in [3.63, 3.8) is 0 Å². The molecule has 0 saturated heterocycles. The van der Waals surface area contributed by atoms with Crippen LogP contribution in [0.3, 0.4) is 0 Å². The Labute approximate surface area is 138 Å². The zero-order chi connectivity index (χ0) is 17.3. The van der Waals surface area contributed by atoms with Gasteiger partial charge in [-0.05, 0) is 36.8 Å². The maximum atomic E-state index is 12.4. The van der Waals surface area contributed by atoms with E-state index in [1.54, 1.807) is 44.6 Å². The van der Waals surface area contributed by atoms with Crippen molar-refractivity contribution < 1.29 is 14.6 Å². The molecule has 3 aromatic heterocycles. The minimum Gasteiger partial charge on any atom is -0.462 e. The number of aryl methyl sites for hydroxylation is 1. The third-order valence-electron chi connectivity index (χ3n) is 3.87. The smallest absolute Gasteiger partial charge is 0.340 e. The van der Waals surface area contributed by atoms with Crippen LogP contribution in [0.1, 0.15) is 22.8 Å². The number of carbonyl (C=O) groups is 1. The van der Waals surface area contributed by atoms with Gasteiger partial charge in [-0.25, -0.2) is 4.79 Å². The number of hydrogen-bond acceptors (Lipinski definition) is 4. The number of fused-ring (bicyclic) bond motifs is 1. The van der Waals surface area contributed by atoms with E-state index in [0.717, 1.165) is 16.6 Å². The Hall–Kier alpha value is -2.86. The Bertz CT molecular complexity index is 969. The molecule has 0 fully saturated rings. The molecule has 3 rings (SSSR count). The summed E-state index contributed by atoms with van der Waals surface area (Å²) in [5.74, 6) is -0.421. The first kappa shape index (κ1) is 16.0. The van der Waals surface area contributed by atoms with Crippen molar-refractivity contribution >= 4 is 11.5 Å². The molecule has 1 N–H and O–H groups in total. The molecule has 0 bridgehead atoms. The zero-order valence-electron chi connectivity index (χ0n) is 13.5. The minimum atomic E-state index is -0.421. The quantitative estimate of drug-likeness (QED) is 0.744. The van der Waals surface area contributed by atoms with E-state index in [2.05, 4.69) is 0 Å². The highest BCUT2D eigenvalue weighted by molar-refractivity contribution is 5.99. The van der Waals surface area contributed by atoms with Gasteiger partial charge in [0.2, 0.25) is 5.56 Å². The van der Waals surface area contributed by atoms with Gasteiger partial charge in [0.1, 0.15) is 0 Å². The van der Waals surface area contributed by atoms with Crippen LogP contribution in [0.4, 0.5) is 0 Å². The molecular formula is C18H18N2O4. The predicted octanol–water partition coefficient (Wildman–Crippen LogP) is 1.97. The molecule has 0 aliphatic rings. The van der Waals surface area contributed by atoms with Crippen molar-refractivity contribution in [3.05, 3.63) is 64.2 Å². The van der Waals surface area contributed by atoms with Crippen LogP contribution in [0.2, 0.25) is 0 Å². The molecule has 0 saturated carbocycles. The number of ether oxygens (including phenoxy) is 1. The first-order valence-electron chi connectivity index (χ1n) is 7.64. The van der Waals surface area contributed by atoms with Gasteiger partial charge in [-0.2, -0.15) is 0 Å². The molecule has 0 atom stereocenters. The van der Waals surface area contributed by atoms with Gasteiger partial charge < -0.3 is 18.8 Å². The summed E-state index contributed by atoms with van der Waals surface area (Å²) in [6, 6.07) is 8.48. The third-order valence-corrected chi connectivity index (χ3v) is 3.87. The van der Waals surface area contributed by atoms with E-state index in [-0.39, 0.29) is 18.8 Å². The molecule has 0 unspecified atom stereocenters. The van der Waals surface area contributed by atoms with Crippen molar-refractivity contribution in [2.75, 3.05) is 6.61 Å². The lowest BCUT2D eigenvalue weighted by Gasteiger charge is -2.08. The monoisotopic (exact) mass is 326 g/mol. The molecular weight excluding hydrogens is 308 g/mol. The number of pyridine rings is 2. The largest absolute Gasteiger partial charge is 0.462 e. The van der Waals surface area contributed by atoms with Gasteiger partial charge in [-0.15, -0.1) is 0 Å². The van der Waals surface area contributed by atoms with Crippen molar-refractivity contribution in [1.29, 1.82) is 0 Å². The second-order valence-corrected chi connectivity index (χ2v) is 5.48. The van der Waals surface area contributed by atoms with Crippen molar-refractivity contribution in [2.24, 2.45) is 7.05 Å². The molecule has 0 amide bonds. The van der Waals surface area contributed by atoms with Gasteiger partial charge in [-0.3, -0.25) is 4.79 Å². The number of esters is 1. The number of nitrogens with zero attached hydrogens (tertiary/aromatic N) is 2. The Morgan fingerprint density at radius 3 is 2.71 bits per heavy atom. The van der Waals surface area contributed by atoms with Crippen molar-refractivity contribution in [2.45, 2.75) is 13.5 Å². The second-order valence-electron chi connectivity index (χ2n) is 5.48. The molecule has 0 radical (unpaired) electrons. The number of rotatable bonds is 4. The van der Waals surface area contributed by atoms with Gasteiger partial charge >= 0.3 is 5.97 Å². The lowest BCUT2D eigenvalue weighted by Crippen LogP contribution is -2.14. The van der Waals surface area contributed by atoms with Crippen LogP contribution in [0.25, 0.3) is 16.8 Å². The molecule has 3 heterocycles. The summed E-state index contributed by atoms with van der Waals surface area (Å²) in [5, 5.41) is 9.31. The molecule has 0 aliphatic heterocycles. The van der Waals surface area contributed by atoms with Crippen LogP contribution in [0.15, 0.2) is 47.5 Å². The van der Waals surface area contributed by atoms with Crippen LogP contribution in [0, 0.1) is 0 Å². The van der Waals surface area contributed by atoms with E-state index in [4.69, 9.17) is 4.74 Å². The van der Waals surface area contributed by atoms with E-state index in [9.17, 15) is 14.7 Å². The predicted molar refractivity (Wildman–Crippen MR) is 90.0 cm³/mol. The average Bonchev–Trinajstić information content (AvgIpc) is 2.96. The maximum absolute atomic E-state index is 12.4. The maximum Gasteiger partial charge on any atom is 0.340 e. The summed E-state index contributed by atoms with van der Waals surface area (Å²) in [6.45, 7) is 1.95. The first-order chi connectivity index (χ1) is 11.5. The van der Waals surface area contributed by atoms with E-state index in [1.807, 2.05) is 10.5 Å². The average molecular weight is 326 g/mol. The Kier molecular flexibility index (Phi) is 4.22. The topological polar surface area (TPSA) is 72.9 Å². The summed E-state index contributed by atoms with van der Waals surface area (Å²) in [4.78, 5) is 24.0. The van der Waals surface area contributed by atoms with Crippen molar-refractivity contribution in [3.8, 4) is 11.3 Å². The fraction of sp³-hybridized carbons (Fsp3) is 0.222. The van der Waals surface area contributed by atoms with Gasteiger partial charge in [0, 0.05) is 36.6 Å². The van der Waals surface area contributed by atoms with Gasteiger partial charge in [-0.1, -0.05) is 0 Å². The van der Waals surface area contributed by atoms with Crippen LogP contribution in [0.5, 0.6) is 0 Å². The van der Waals surface area contributed by atoms with Gasteiger partial charge in [0.25, 0.3) is 0 Å². The summed E-state index contributed by atoms with van der Waals surface area (Å²) >= 11 is 0. The molecule has 0 spiro atoms.